The molecule has 0 aliphatic rings. The van der Waals surface area contributed by atoms with Gasteiger partial charge in [0.15, 0.2) is 5.75 Å². The van der Waals surface area contributed by atoms with Gasteiger partial charge >= 0.3 is 5.69 Å². The molecular formula is C12H12BrN3O3. The number of nitro benzene ring substituents is 1. The van der Waals surface area contributed by atoms with Gasteiger partial charge in [0.2, 0.25) is 5.75 Å². The number of benzene rings is 1. The van der Waals surface area contributed by atoms with E-state index in [-0.39, 0.29) is 17.5 Å². The normalized spacial score (nSPS) is 10.7. The Bertz CT molecular complexity index is 610. The van der Waals surface area contributed by atoms with Gasteiger partial charge in [0.25, 0.3) is 0 Å². The number of nitro groups is 1. The monoisotopic (exact) mass is 325 g/mol. The summed E-state index contributed by atoms with van der Waals surface area (Å²) < 4.78 is 7.86. The van der Waals surface area contributed by atoms with Gasteiger partial charge in [-0.1, -0.05) is 15.9 Å². The topological polar surface area (TPSA) is 70.2 Å². The molecule has 0 radical (unpaired) electrons. The predicted octanol–water partition coefficient (Wildman–Crippen LogP) is 3.93. The van der Waals surface area contributed by atoms with E-state index in [0.29, 0.717) is 10.2 Å². The van der Waals surface area contributed by atoms with Crippen LogP contribution in [-0.2, 0) is 0 Å². The van der Waals surface area contributed by atoms with Gasteiger partial charge in [-0.25, -0.2) is 0 Å². The average Bonchev–Trinajstić information content (AvgIpc) is 2.80. The summed E-state index contributed by atoms with van der Waals surface area (Å²) in [5, 5.41) is 15.1. The van der Waals surface area contributed by atoms with E-state index in [4.69, 9.17) is 4.74 Å². The minimum absolute atomic E-state index is 0.0910. The summed E-state index contributed by atoms with van der Waals surface area (Å²) in [5.41, 5.74) is -0.0910. The van der Waals surface area contributed by atoms with Gasteiger partial charge in [-0.3, -0.25) is 14.8 Å². The second-order valence-corrected chi connectivity index (χ2v) is 5.14. The fourth-order valence-corrected chi connectivity index (χ4v) is 1.85. The lowest BCUT2D eigenvalue weighted by atomic mass is 10.3. The molecule has 0 aliphatic carbocycles. The lowest BCUT2D eigenvalue weighted by Gasteiger charge is -2.05. The van der Waals surface area contributed by atoms with Crippen LogP contribution in [0.25, 0.3) is 0 Å². The second kappa shape index (κ2) is 5.40. The van der Waals surface area contributed by atoms with Crippen molar-refractivity contribution in [2.75, 3.05) is 0 Å². The molecule has 2 rings (SSSR count). The third-order valence-corrected chi connectivity index (χ3v) is 2.95. The van der Waals surface area contributed by atoms with E-state index in [1.165, 1.54) is 12.3 Å². The molecule has 1 heterocycles. The highest BCUT2D eigenvalue weighted by atomic mass is 79.9. The Hall–Kier alpha value is -1.89. The van der Waals surface area contributed by atoms with Crippen LogP contribution in [0, 0.1) is 10.1 Å². The molecular weight excluding hydrogens is 314 g/mol. The SMILES string of the molecule is CC(C)n1cc(Oc2ccc(Br)cc2[N+](=O)[O-])cn1. The Labute approximate surface area is 118 Å². The lowest BCUT2D eigenvalue weighted by Crippen LogP contribution is -1.99. The molecule has 0 unspecified atom stereocenters. The third kappa shape index (κ3) is 3.11. The van der Waals surface area contributed by atoms with Gasteiger partial charge in [-0.05, 0) is 26.0 Å². The molecule has 0 saturated heterocycles. The van der Waals surface area contributed by atoms with Gasteiger partial charge in [-0.2, -0.15) is 5.10 Å². The molecule has 0 N–H and O–H groups in total. The summed E-state index contributed by atoms with van der Waals surface area (Å²) in [6, 6.07) is 4.85. The Kier molecular flexibility index (Phi) is 3.84. The van der Waals surface area contributed by atoms with Crippen molar-refractivity contribution in [1.29, 1.82) is 0 Å². The van der Waals surface area contributed by atoms with Crippen molar-refractivity contribution >= 4 is 21.6 Å². The fraction of sp³-hybridized carbons (Fsp3) is 0.250. The summed E-state index contributed by atoms with van der Waals surface area (Å²) >= 11 is 3.20. The zero-order chi connectivity index (χ0) is 14.0. The molecule has 0 amide bonds. The van der Waals surface area contributed by atoms with Gasteiger partial charge in [0, 0.05) is 16.6 Å². The Balaban J connectivity index is 2.29. The molecule has 7 heteroatoms. The first-order valence-electron chi connectivity index (χ1n) is 5.63. The van der Waals surface area contributed by atoms with E-state index in [2.05, 4.69) is 21.0 Å². The van der Waals surface area contributed by atoms with Gasteiger partial charge in [-0.15, -0.1) is 0 Å². The molecule has 2 aromatic rings. The van der Waals surface area contributed by atoms with E-state index in [1.54, 1.807) is 23.0 Å². The molecule has 100 valence electrons. The number of rotatable bonds is 4. The molecule has 0 spiro atoms. The summed E-state index contributed by atoms with van der Waals surface area (Å²) in [6.45, 7) is 3.97. The van der Waals surface area contributed by atoms with Crippen molar-refractivity contribution in [2.24, 2.45) is 0 Å². The van der Waals surface area contributed by atoms with Gasteiger partial charge in [0.05, 0.1) is 17.3 Å². The lowest BCUT2D eigenvalue weighted by molar-refractivity contribution is -0.385. The number of hydrogen-bond donors (Lipinski definition) is 0. The van der Waals surface area contributed by atoms with Crippen LogP contribution < -0.4 is 4.74 Å². The Morgan fingerprint density at radius 3 is 2.79 bits per heavy atom. The average molecular weight is 326 g/mol. The van der Waals surface area contributed by atoms with E-state index < -0.39 is 4.92 Å². The molecule has 0 bridgehead atoms. The highest BCUT2D eigenvalue weighted by molar-refractivity contribution is 9.10. The quantitative estimate of drug-likeness (QED) is 0.630. The first-order chi connectivity index (χ1) is 8.97. The molecule has 6 nitrogen and oxygen atoms in total. The van der Waals surface area contributed by atoms with Crippen LogP contribution in [0.2, 0.25) is 0 Å². The third-order valence-electron chi connectivity index (χ3n) is 2.45. The van der Waals surface area contributed by atoms with Gasteiger partial charge < -0.3 is 4.74 Å². The van der Waals surface area contributed by atoms with E-state index in [1.807, 2.05) is 13.8 Å². The molecule has 19 heavy (non-hydrogen) atoms. The smallest absolute Gasteiger partial charge is 0.312 e. The van der Waals surface area contributed by atoms with Crippen molar-refractivity contribution in [3.8, 4) is 11.5 Å². The van der Waals surface area contributed by atoms with Crippen molar-refractivity contribution in [3.63, 3.8) is 0 Å². The van der Waals surface area contributed by atoms with E-state index in [9.17, 15) is 10.1 Å². The Morgan fingerprint density at radius 2 is 2.21 bits per heavy atom. The van der Waals surface area contributed by atoms with Crippen molar-refractivity contribution in [1.82, 2.24) is 9.78 Å². The number of halogens is 1. The minimum atomic E-state index is -0.479. The maximum atomic E-state index is 11.0. The van der Waals surface area contributed by atoms with Crippen LogP contribution >= 0.6 is 15.9 Å². The second-order valence-electron chi connectivity index (χ2n) is 4.22. The van der Waals surface area contributed by atoms with Crippen LogP contribution in [0.5, 0.6) is 11.5 Å². The maximum Gasteiger partial charge on any atom is 0.312 e. The summed E-state index contributed by atoms with van der Waals surface area (Å²) in [5.74, 6) is 0.663. The van der Waals surface area contributed by atoms with Crippen LogP contribution in [-0.4, -0.2) is 14.7 Å². The Morgan fingerprint density at radius 1 is 1.47 bits per heavy atom. The highest BCUT2D eigenvalue weighted by Crippen LogP contribution is 2.33. The number of aromatic nitrogens is 2. The molecule has 0 fully saturated rings. The highest BCUT2D eigenvalue weighted by Gasteiger charge is 2.17. The van der Waals surface area contributed by atoms with E-state index in [0.717, 1.165) is 0 Å². The number of hydrogen-bond acceptors (Lipinski definition) is 4. The number of ether oxygens (including phenoxy) is 1. The first kappa shape index (κ1) is 13.5. The maximum absolute atomic E-state index is 11.0. The zero-order valence-corrected chi connectivity index (χ0v) is 12.0. The largest absolute Gasteiger partial charge is 0.447 e. The molecule has 0 aliphatic heterocycles. The van der Waals surface area contributed by atoms with Crippen molar-refractivity contribution in [2.45, 2.75) is 19.9 Å². The van der Waals surface area contributed by atoms with Crippen LogP contribution in [0.1, 0.15) is 19.9 Å². The zero-order valence-electron chi connectivity index (χ0n) is 10.4. The molecule has 0 saturated carbocycles. The minimum Gasteiger partial charge on any atom is -0.447 e. The van der Waals surface area contributed by atoms with Gasteiger partial charge in [0.1, 0.15) is 0 Å². The summed E-state index contributed by atoms with van der Waals surface area (Å²) in [4.78, 5) is 10.5. The number of nitrogens with zero attached hydrogens (tertiary/aromatic N) is 3. The van der Waals surface area contributed by atoms with E-state index >= 15 is 0 Å². The van der Waals surface area contributed by atoms with Crippen LogP contribution in [0.3, 0.4) is 0 Å². The first-order valence-corrected chi connectivity index (χ1v) is 6.42. The summed E-state index contributed by atoms with van der Waals surface area (Å²) in [6.07, 6.45) is 3.24. The van der Waals surface area contributed by atoms with Crippen molar-refractivity contribution < 1.29 is 9.66 Å². The molecule has 1 aromatic heterocycles. The predicted molar refractivity (Wildman–Crippen MR) is 73.5 cm³/mol. The van der Waals surface area contributed by atoms with Crippen molar-refractivity contribution in [3.05, 3.63) is 45.2 Å². The molecule has 1 aromatic carbocycles. The summed E-state index contributed by atoms with van der Waals surface area (Å²) in [7, 11) is 0. The fourth-order valence-electron chi connectivity index (χ4n) is 1.50. The van der Waals surface area contributed by atoms with Crippen LogP contribution in [0.15, 0.2) is 35.1 Å². The van der Waals surface area contributed by atoms with Crippen LogP contribution in [0.4, 0.5) is 5.69 Å². The standard InChI is InChI=1S/C12H12BrN3O3/c1-8(2)15-7-10(6-14-15)19-12-4-3-9(13)5-11(12)16(17)18/h3-8H,1-2H3. The molecule has 0 atom stereocenters.